The topological polar surface area (TPSA) is 719 Å². The van der Waals surface area contributed by atoms with Gasteiger partial charge >= 0.3 is 53.9 Å². The number of nitrogens with zero attached hydrogens (tertiary/aromatic N) is 3. The van der Waals surface area contributed by atoms with Crippen molar-refractivity contribution in [2.75, 3.05) is 42.3 Å². The van der Waals surface area contributed by atoms with Crippen molar-refractivity contribution in [2.24, 2.45) is 40.2 Å². The molecule has 4 aromatic carbocycles. The van der Waals surface area contributed by atoms with Crippen LogP contribution in [0.15, 0.2) is 137 Å². The molecule has 3 heterocycles. The lowest BCUT2D eigenvalue weighted by Gasteiger charge is -2.67. The van der Waals surface area contributed by atoms with Crippen molar-refractivity contribution in [1.82, 2.24) is 51.8 Å². The standard InChI is InChI=1S/C91H106N14O31S2/c1-44-61(133-84(128)70(115)68(47-17-10-7-11-18-47)103-76(118)48-19-12-8-13-20-48)39-91(130)73(135-83(127)50-21-14-9-15-22-50)71-89(6,72(116)45(2)67(44)88(91,4)5)62(38-63-90(71,43-132-63)136-46(3)106)134-87(129)131-31-32-137-138-42-59(82(125)126)102-79(121)58(37-66(113)114)101-78(120)52(36-65(111)112)34-60(108)56(23-16-30-95-85(92)93)99-77(119)51(35-64(109)110)33-55(107)28-29-57(81(123)124)100-75(117)49-24-26-53(27-25-49)96-40-54-41-97-74-69(98-54)80(122)105-86(94)104-74/h7-15,17-22,24-27,41,45,51-52,56-59,61-63,68,70-71,73,96,115,130H,16,23,28-40,42-43H2,1-6H3,(H,99,119)(H,100,117)(H,101,120)(H,102,121)(H,103,118)(H,109,110)(H,111,112)(H,113,114)(H,123,124)(H,125,126)(H4,92,93,95)(H3,94,97,104,105,122)/t45-,51+,52+,56+,57+,58+,59+,61+,62?,63-,68+,70-,71?,73+,89-,90+,91-/m1/s1. The Bertz CT molecular complexity index is 5720. The van der Waals surface area contributed by atoms with Crippen LogP contribution in [0.1, 0.15) is 161 Å². The Morgan fingerprint density at radius 2 is 1.26 bits per heavy atom. The molecular formula is C91H106N14O31S2. The molecule has 47 heteroatoms. The maximum Gasteiger partial charge on any atom is 0.508 e. The summed E-state index contributed by atoms with van der Waals surface area (Å²) in [6.07, 6.45) is -16.9. The molecule has 2 bridgehead atoms. The summed E-state index contributed by atoms with van der Waals surface area (Å²) in [4.78, 5) is 260. The van der Waals surface area contributed by atoms with Gasteiger partial charge in [0.05, 0.1) is 85.1 Å². The number of anilines is 2. The number of fused-ring (bicyclic) bond motifs is 6. The molecule has 20 N–H and O–H groups in total. The second-order valence-corrected chi connectivity index (χ2v) is 36.9. The minimum Gasteiger partial charge on any atom is -0.481 e. The van der Waals surface area contributed by atoms with E-state index in [9.17, 15) is 117 Å². The number of rotatable bonds is 47. The number of benzene rings is 4. The van der Waals surface area contributed by atoms with E-state index in [1.165, 1.54) is 80.7 Å². The normalized spacial score (nSPS) is 21.7. The van der Waals surface area contributed by atoms with Crippen molar-refractivity contribution in [1.29, 1.82) is 5.41 Å². The highest BCUT2D eigenvalue weighted by Gasteiger charge is 2.79. The SMILES string of the molecule is CC(=O)O[C@@]12CO[C@@H]1CC(OC(=O)OCCSSC[C@H](NC(=O)[C@H](CC(=O)O)NC(=O)[C@H](CC(=O)O)CC(=O)[C@H](CCCNC(=N)N)NC(=O)[C@H](CC(=O)O)CC(=O)CC[C@H](NC(=O)c1ccc(NCc3cnc4nc(N)[nH]c(=O)c4n3)cc1)C(=O)O)C(=O)O)[C@@]1(C)C(=O)[C@H](C)C3=C(C)[C@@H](OC(=O)[C@H](O)[C@@H](NC(=O)c4ccccc4)c4ccccc4)C[C@@](O)([C@@H](OC(=O)c4ccccc4)C12)C3(C)C. The summed E-state index contributed by atoms with van der Waals surface area (Å²) in [5.41, 5.74) is 3.67. The fourth-order valence-corrected chi connectivity index (χ4v) is 19.8. The molecule has 138 heavy (non-hydrogen) atoms. The van der Waals surface area contributed by atoms with E-state index in [4.69, 9.17) is 45.3 Å². The fourth-order valence-electron chi connectivity index (χ4n) is 17.8. The Morgan fingerprint density at radius 1 is 0.674 bits per heavy atom. The number of aromatic amines is 1. The summed E-state index contributed by atoms with van der Waals surface area (Å²) in [5.74, 6) is -28.3. The van der Waals surface area contributed by atoms with Gasteiger partial charge in [-0.25, -0.2) is 33.9 Å². The molecule has 738 valence electrons. The quantitative estimate of drug-likeness (QED) is 0.00496. The number of aliphatic hydroxyl groups is 2. The number of hydrogen-bond acceptors (Lipinski definition) is 34. The van der Waals surface area contributed by atoms with Crippen LogP contribution < -0.4 is 54.2 Å². The summed E-state index contributed by atoms with van der Waals surface area (Å²) >= 11 is 0. The van der Waals surface area contributed by atoms with Gasteiger partial charge in [0, 0.05) is 85.2 Å². The molecule has 1 saturated heterocycles. The van der Waals surface area contributed by atoms with Crippen LogP contribution >= 0.6 is 21.6 Å². The van der Waals surface area contributed by atoms with Crippen molar-refractivity contribution in [2.45, 2.75) is 191 Å². The van der Waals surface area contributed by atoms with Crippen LogP contribution in [0.25, 0.3) is 11.2 Å². The molecular weight excluding hydrogens is 1850 g/mol. The van der Waals surface area contributed by atoms with E-state index in [1.807, 2.05) is 0 Å². The molecule has 3 aliphatic carbocycles. The number of ketones is 3. The zero-order chi connectivity index (χ0) is 101. The van der Waals surface area contributed by atoms with Crippen LogP contribution in [-0.4, -0.2) is 260 Å². The number of nitrogens with one attached hydrogen (secondary N) is 9. The number of nitrogen functional groups attached to an aromatic ring is 1. The first-order valence-electron chi connectivity index (χ1n) is 43.5. The third-order valence-electron chi connectivity index (χ3n) is 24.7. The van der Waals surface area contributed by atoms with Gasteiger partial charge in [-0.3, -0.25) is 72.7 Å². The number of aliphatic hydroxyl groups excluding tert-OH is 1. The molecule has 2 unspecified atom stereocenters. The highest BCUT2D eigenvalue weighted by Crippen LogP contribution is 2.66. The number of carboxylic acids is 5. The number of guanidine groups is 1. The molecule has 17 atom stereocenters. The summed E-state index contributed by atoms with van der Waals surface area (Å²) in [6, 6.07) is 20.2. The molecule has 5 amide bonds. The number of aliphatic carboxylic acids is 5. The van der Waals surface area contributed by atoms with Crippen LogP contribution in [0.5, 0.6) is 0 Å². The number of nitrogens with two attached hydrogens (primary N) is 2. The Kier molecular flexibility index (Phi) is 35.6. The first-order valence-corrected chi connectivity index (χ1v) is 46.0. The van der Waals surface area contributed by atoms with Gasteiger partial charge in [0.2, 0.25) is 23.7 Å². The van der Waals surface area contributed by atoms with E-state index in [1.54, 1.807) is 75.4 Å². The lowest BCUT2D eigenvalue weighted by molar-refractivity contribution is -0.345. The van der Waals surface area contributed by atoms with Crippen LogP contribution in [0.4, 0.5) is 16.4 Å². The Labute approximate surface area is 794 Å². The van der Waals surface area contributed by atoms with Crippen molar-refractivity contribution in [3.05, 3.63) is 171 Å². The van der Waals surface area contributed by atoms with Gasteiger partial charge in [-0.05, 0) is 98.4 Å². The zero-order valence-corrected chi connectivity index (χ0v) is 77.0. The van der Waals surface area contributed by atoms with E-state index in [0.29, 0.717) is 16.9 Å². The molecule has 2 saturated carbocycles. The molecule has 3 fully saturated rings. The average molecular weight is 1960 g/mol. The minimum absolute atomic E-state index is 0.0199. The molecule has 10 rings (SSSR count). The van der Waals surface area contributed by atoms with Crippen LogP contribution in [-0.2, 0) is 97.3 Å². The third kappa shape index (κ3) is 25.9. The van der Waals surface area contributed by atoms with Gasteiger partial charge in [0.15, 0.2) is 34.6 Å². The number of aromatic nitrogens is 4. The molecule has 6 aromatic rings. The third-order valence-corrected chi connectivity index (χ3v) is 27.1. The van der Waals surface area contributed by atoms with E-state index in [0.717, 1.165) is 28.5 Å². The Hall–Kier alpha value is -14.3. The van der Waals surface area contributed by atoms with E-state index < -0.39 is 296 Å². The maximum atomic E-state index is 16.3. The highest BCUT2D eigenvalue weighted by molar-refractivity contribution is 8.76. The van der Waals surface area contributed by atoms with Gasteiger partial charge in [0.1, 0.15) is 66.3 Å². The number of carbonyl (C=O) groups is 17. The molecule has 0 radical (unpaired) electrons. The fraction of sp³-hybridized carbons (Fsp3) is 0.451. The first kappa shape index (κ1) is 106. The predicted molar refractivity (Wildman–Crippen MR) is 486 cm³/mol. The summed E-state index contributed by atoms with van der Waals surface area (Å²) in [5, 5.41) is 101. The van der Waals surface area contributed by atoms with Crippen molar-refractivity contribution in [3.63, 3.8) is 0 Å². The number of amides is 5. The van der Waals surface area contributed by atoms with Gasteiger partial charge in [0.25, 0.3) is 17.4 Å². The summed E-state index contributed by atoms with van der Waals surface area (Å²) < 4.78 is 36.9. The van der Waals surface area contributed by atoms with Crippen molar-refractivity contribution in [3.8, 4) is 0 Å². The van der Waals surface area contributed by atoms with Crippen LogP contribution in [0.3, 0.4) is 0 Å². The number of hydrogen-bond donors (Lipinski definition) is 18. The number of carbonyl (C=O) groups excluding carboxylic acids is 12. The highest BCUT2D eigenvalue weighted by atomic mass is 33.1. The summed E-state index contributed by atoms with van der Waals surface area (Å²) in [7, 11) is 1.64. The first-order chi connectivity index (χ1) is 65.3. The van der Waals surface area contributed by atoms with Crippen molar-refractivity contribution >= 4 is 151 Å². The van der Waals surface area contributed by atoms with Crippen LogP contribution in [0.2, 0.25) is 0 Å². The lowest BCUT2D eigenvalue weighted by Crippen LogP contribution is -2.81. The average Bonchev–Trinajstić information content (AvgIpc) is 0.665. The second-order valence-electron chi connectivity index (χ2n) is 34.3. The summed E-state index contributed by atoms with van der Waals surface area (Å²) in [6.45, 7) is 7.65. The molecule has 0 spiro atoms. The lowest BCUT2D eigenvalue weighted by atomic mass is 9.43. The number of H-pyrrole nitrogens is 1. The number of Topliss-reactive ketones (excluding diaryl/α,β-unsaturated/α-hetero) is 3. The van der Waals surface area contributed by atoms with Gasteiger partial charge in [-0.2, -0.15) is 4.98 Å². The predicted octanol–water partition coefficient (Wildman–Crippen LogP) is 3.24. The maximum absolute atomic E-state index is 16.3. The van der Waals surface area contributed by atoms with E-state index >= 15 is 4.79 Å². The second kappa shape index (κ2) is 46.5. The molecule has 45 nitrogen and oxygen atoms in total. The Morgan fingerprint density at radius 3 is 1.86 bits per heavy atom. The number of ether oxygens (including phenoxy) is 6. The minimum atomic E-state index is -2.49. The Balaban J connectivity index is 0.773. The zero-order valence-electron chi connectivity index (χ0n) is 75.4. The molecule has 4 aliphatic rings. The molecule has 1 aliphatic heterocycles. The molecule has 2 aromatic heterocycles. The monoisotopic (exact) mass is 1950 g/mol. The van der Waals surface area contributed by atoms with Gasteiger partial charge < -0.3 is 113 Å². The van der Waals surface area contributed by atoms with E-state index in [2.05, 4.69) is 57.2 Å². The van der Waals surface area contributed by atoms with Crippen molar-refractivity contribution < 1.29 is 146 Å². The van der Waals surface area contributed by atoms with Gasteiger partial charge in [-0.1, -0.05) is 109 Å². The number of esters is 3. The van der Waals surface area contributed by atoms with E-state index in [-0.39, 0.29) is 76.6 Å². The van der Waals surface area contributed by atoms with Gasteiger partial charge in [-0.15, -0.1) is 0 Å². The number of carboxylic acid groups (broad SMARTS) is 5. The van der Waals surface area contributed by atoms with Crippen LogP contribution in [0, 0.1) is 39.9 Å². The largest absolute Gasteiger partial charge is 0.508 e. The smallest absolute Gasteiger partial charge is 0.481 e.